The first kappa shape index (κ1) is 72.9. The highest BCUT2D eigenvalue weighted by Crippen LogP contribution is 2.35. The first-order valence-corrected chi connectivity index (χ1v) is 35.2. The van der Waals surface area contributed by atoms with E-state index in [1.54, 1.807) is 0 Å². The van der Waals surface area contributed by atoms with Gasteiger partial charge in [0, 0.05) is 12.6 Å². The molecule has 1 fully saturated rings. The van der Waals surface area contributed by atoms with Gasteiger partial charge in [0.25, 0.3) is 0 Å². The molecule has 0 radical (unpaired) electrons. The highest BCUT2D eigenvalue weighted by Gasteiger charge is 2.21. The third kappa shape index (κ3) is 46.3. The average molecular weight is 1050 g/mol. The highest BCUT2D eigenvalue weighted by molar-refractivity contribution is 4.77. The molecule has 1 rings (SSSR count). The summed E-state index contributed by atoms with van der Waals surface area (Å²) in [6.45, 7) is 42.7. The van der Waals surface area contributed by atoms with Gasteiger partial charge in [-0.25, -0.2) is 0 Å². The molecule has 2 nitrogen and oxygen atoms in total. The lowest BCUT2D eigenvalue weighted by Gasteiger charge is -2.25. The molecular formula is C73H148N2. The van der Waals surface area contributed by atoms with Crippen molar-refractivity contribution < 1.29 is 0 Å². The van der Waals surface area contributed by atoms with Crippen LogP contribution in [0.4, 0.5) is 0 Å². The zero-order chi connectivity index (χ0) is 55.6. The molecular weight excluding hydrogens is 905 g/mol. The van der Waals surface area contributed by atoms with Crippen LogP contribution in [-0.2, 0) is 0 Å². The number of nitrogens with one attached hydrogen (secondary N) is 2. The predicted molar refractivity (Wildman–Crippen MR) is 343 cm³/mol. The smallest absolute Gasteiger partial charge is 0.0192 e. The summed E-state index contributed by atoms with van der Waals surface area (Å²) in [4.78, 5) is 0. The molecule has 1 atom stereocenters. The van der Waals surface area contributed by atoms with Crippen molar-refractivity contribution in [3.8, 4) is 0 Å². The molecule has 1 aliphatic rings. The number of hydrogen-bond acceptors (Lipinski definition) is 2. The van der Waals surface area contributed by atoms with Crippen molar-refractivity contribution in [1.29, 1.82) is 0 Å². The first-order valence-electron chi connectivity index (χ1n) is 35.2. The van der Waals surface area contributed by atoms with Gasteiger partial charge >= 0.3 is 0 Å². The summed E-state index contributed by atoms with van der Waals surface area (Å²) in [5.41, 5.74) is 0. The molecule has 0 bridgehead atoms. The summed E-state index contributed by atoms with van der Waals surface area (Å²) in [5, 5.41) is 7.65. The first-order chi connectivity index (χ1) is 35.8. The van der Waals surface area contributed by atoms with E-state index in [1.807, 2.05) is 0 Å². The van der Waals surface area contributed by atoms with Crippen LogP contribution in [0.25, 0.3) is 0 Å². The van der Waals surface area contributed by atoms with Gasteiger partial charge in [0.2, 0.25) is 0 Å². The normalized spacial score (nSPS) is 15.0. The maximum Gasteiger partial charge on any atom is 0.0192 e. The Balaban J connectivity index is 3.22. The molecule has 0 amide bonds. The van der Waals surface area contributed by atoms with Crippen LogP contribution in [0, 0.1) is 88.8 Å². The second-order valence-electron chi connectivity index (χ2n) is 30.6. The van der Waals surface area contributed by atoms with E-state index >= 15 is 0 Å². The predicted octanol–water partition coefficient (Wildman–Crippen LogP) is 23.9. The van der Waals surface area contributed by atoms with E-state index in [4.69, 9.17) is 0 Å². The van der Waals surface area contributed by atoms with Crippen molar-refractivity contribution in [2.45, 2.75) is 361 Å². The lowest BCUT2D eigenvalue weighted by molar-refractivity contribution is 0.282. The summed E-state index contributed by atoms with van der Waals surface area (Å²) in [6.07, 6.45) is 55.4. The summed E-state index contributed by atoms with van der Waals surface area (Å²) >= 11 is 0. The third-order valence-electron chi connectivity index (χ3n) is 19.1. The Morgan fingerprint density at radius 3 is 0.653 bits per heavy atom. The van der Waals surface area contributed by atoms with Gasteiger partial charge in [0.15, 0.2) is 0 Å². The van der Waals surface area contributed by atoms with Crippen LogP contribution in [-0.4, -0.2) is 25.7 Å². The molecule has 0 spiro atoms. The van der Waals surface area contributed by atoms with Crippen LogP contribution in [0.2, 0.25) is 0 Å². The Bertz CT molecular complexity index is 982. The van der Waals surface area contributed by atoms with Crippen molar-refractivity contribution in [3.63, 3.8) is 0 Å². The zero-order valence-corrected chi connectivity index (χ0v) is 55.2. The van der Waals surface area contributed by atoms with E-state index in [9.17, 15) is 0 Å². The van der Waals surface area contributed by atoms with Gasteiger partial charge in [-0.1, -0.05) is 329 Å². The third-order valence-corrected chi connectivity index (χ3v) is 19.1. The molecule has 0 aromatic rings. The van der Waals surface area contributed by atoms with E-state index < -0.39 is 0 Å². The quantitative estimate of drug-likeness (QED) is 0.0593. The maximum atomic E-state index is 3.92. The van der Waals surface area contributed by atoms with Gasteiger partial charge in [-0.3, -0.25) is 0 Å². The largest absolute Gasteiger partial charge is 0.315 e. The van der Waals surface area contributed by atoms with E-state index in [2.05, 4.69) is 121 Å². The fourth-order valence-corrected chi connectivity index (χ4v) is 13.5. The maximum absolute atomic E-state index is 3.92. The number of rotatable bonds is 54. The summed E-state index contributed by atoms with van der Waals surface area (Å²) in [5.74, 6) is 13.3. The second kappa shape index (κ2) is 47.5. The zero-order valence-electron chi connectivity index (χ0n) is 55.2. The van der Waals surface area contributed by atoms with Crippen molar-refractivity contribution in [3.05, 3.63) is 0 Å². The minimum atomic E-state index is 0.706. The van der Waals surface area contributed by atoms with Crippen LogP contribution < -0.4 is 10.6 Å². The van der Waals surface area contributed by atoms with Crippen molar-refractivity contribution >= 4 is 0 Å². The van der Waals surface area contributed by atoms with Gasteiger partial charge < -0.3 is 10.6 Å². The average Bonchev–Trinajstić information content (AvgIpc) is 3.86. The summed E-state index contributed by atoms with van der Waals surface area (Å²) in [7, 11) is 0. The van der Waals surface area contributed by atoms with Crippen molar-refractivity contribution in [2.75, 3.05) is 19.6 Å². The van der Waals surface area contributed by atoms with Crippen molar-refractivity contribution in [1.82, 2.24) is 10.6 Å². The molecule has 1 heterocycles. The fourth-order valence-electron chi connectivity index (χ4n) is 13.5. The Labute approximate surface area is 477 Å². The van der Waals surface area contributed by atoms with Crippen LogP contribution in [0.1, 0.15) is 355 Å². The van der Waals surface area contributed by atoms with Crippen LogP contribution in [0.5, 0.6) is 0 Å². The minimum absolute atomic E-state index is 0.706. The molecule has 0 aromatic carbocycles. The van der Waals surface area contributed by atoms with Crippen molar-refractivity contribution in [2.24, 2.45) is 88.8 Å². The Hall–Kier alpha value is -0.0800. The number of hydrogen-bond donors (Lipinski definition) is 2. The lowest BCUT2D eigenvalue weighted by Crippen LogP contribution is -2.34. The van der Waals surface area contributed by atoms with Gasteiger partial charge in [-0.15, -0.1) is 0 Å². The van der Waals surface area contributed by atoms with Crippen LogP contribution in [0.15, 0.2) is 0 Å². The van der Waals surface area contributed by atoms with E-state index in [1.165, 1.54) is 264 Å². The molecule has 0 aromatic heterocycles. The van der Waals surface area contributed by atoms with Gasteiger partial charge in [-0.05, 0) is 128 Å². The van der Waals surface area contributed by atoms with E-state index in [0.29, 0.717) is 6.04 Å². The molecule has 0 saturated carbocycles. The standard InChI is InChI=1S/C73H148N2/c1-58(2)39-47-69(48-40-59(3)4)33-19-27-66(28-20-34-70(49-41-60(5)6)50-42-61(7)8)25-17-31-68(37-23-55-74-57-73-38-24-56-75-73)32-18-26-67(29-21-35-71(51-43-62(9)10)52-44-63(11)12)30-22-36-72(53-45-64(13)14)54-46-65(15)16/h58-75H,17-57H2,1-16H3/t73-/m0/s1. The summed E-state index contributed by atoms with van der Waals surface area (Å²) in [6, 6.07) is 0.706. The monoisotopic (exact) mass is 1050 g/mol. The topological polar surface area (TPSA) is 24.1 Å². The molecule has 2 N–H and O–H groups in total. The van der Waals surface area contributed by atoms with Crippen LogP contribution in [0.3, 0.4) is 0 Å². The van der Waals surface area contributed by atoms with Gasteiger partial charge in [0.1, 0.15) is 0 Å². The Morgan fingerprint density at radius 2 is 0.467 bits per heavy atom. The second-order valence-corrected chi connectivity index (χ2v) is 30.6. The Kier molecular flexibility index (Phi) is 46.2. The van der Waals surface area contributed by atoms with E-state index in [-0.39, 0.29) is 0 Å². The lowest BCUT2D eigenvalue weighted by atomic mass is 9.81. The van der Waals surface area contributed by atoms with Crippen LogP contribution >= 0.6 is 0 Å². The van der Waals surface area contributed by atoms with E-state index in [0.717, 1.165) is 88.8 Å². The molecule has 1 saturated heterocycles. The molecule has 75 heavy (non-hydrogen) atoms. The highest BCUT2D eigenvalue weighted by atomic mass is 15.0. The minimum Gasteiger partial charge on any atom is -0.315 e. The molecule has 1 aliphatic heterocycles. The Morgan fingerprint density at radius 1 is 0.267 bits per heavy atom. The fraction of sp³-hybridized carbons (Fsp3) is 1.00. The SMILES string of the molecule is CC(C)CCC(CCCC(CCCC(CCCNC[C@@H]1CCCN1)CCCC(CCCC(CCC(C)C)CCC(C)C)CCCC(CCC(C)C)CCC(C)C)CCCC(CCC(C)C)CCC(C)C)CCC(C)C. The molecule has 450 valence electrons. The molecule has 0 unspecified atom stereocenters. The van der Waals surface area contributed by atoms with Gasteiger partial charge in [0.05, 0.1) is 0 Å². The molecule has 0 aliphatic carbocycles. The van der Waals surface area contributed by atoms with Gasteiger partial charge in [-0.2, -0.15) is 0 Å². The summed E-state index contributed by atoms with van der Waals surface area (Å²) < 4.78 is 0. The molecule has 2 heteroatoms.